The number of ether oxygens (including phenoxy) is 1. The van der Waals surface area contributed by atoms with Crippen molar-refractivity contribution in [3.05, 3.63) is 59.7 Å². The van der Waals surface area contributed by atoms with E-state index in [2.05, 4.69) is 16.8 Å². The maximum Gasteiger partial charge on any atom is 0.417 e. The largest absolute Gasteiger partial charge is 0.497 e. The fraction of sp³-hybridized carbons (Fsp3) is 0.444. The van der Waals surface area contributed by atoms with Crippen molar-refractivity contribution >= 4 is 23.3 Å². The molecular weight excluding hydrogens is 477 g/mol. The highest BCUT2D eigenvalue weighted by Gasteiger charge is 2.43. The maximum absolute atomic E-state index is 13.8. The number of aliphatic hydroxyl groups is 1. The van der Waals surface area contributed by atoms with E-state index in [1.165, 1.54) is 12.1 Å². The molecule has 5 atom stereocenters. The van der Waals surface area contributed by atoms with E-state index < -0.39 is 17.8 Å². The molecule has 1 N–H and O–H groups in total. The zero-order valence-electron chi connectivity index (χ0n) is 19.8. The molecule has 0 radical (unpaired) electrons. The number of hydrogen-bond acceptors (Lipinski definition) is 4. The predicted octanol–water partition coefficient (Wildman–Crippen LogP) is 6.50. The lowest BCUT2D eigenvalue weighted by atomic mass is 9.72. The molecule has 8 heteroatoms. The molecule has 3 saturated heterocycles. The smallest absolute Gasteiger partial charge is 0.417 e. The van der Waals surface area contributed by atoms with Gasteiger partial charge in [0.25, 0.3) is 0 Å². The molecular formula is C27H30ClF3N2O2. The summed E-state index contributed by atoms with van der Waals surface area (Å²) in [6.07, 6.45) is -2.19. The average molecular weight is 507 g/mol. The number of aromatic nitrogens is 1. The van der Waals surface area contributed by atoms with Crippen LogP contribution in [0.1, 0.15) is 43.4 Å². The van der Waals surface area contributed by atoms with E-state index in [4.69, 9.17) is 4.74 Å². The van der Waals surface area contributed by atoms with Gasteiger partial charge < -0.3 is 9.84 Å². The molecule has 1 aromatic heterocycles. The standard InChI is InChI=1S/C27H29F3N2O2.ClH/c1-3-16-15-32-11-10-17(16)12-25(32)26(33)21-14-24(19-6-4-5-7-22(19)27(28,29)30)31-23-9-8-18(34-2)13-20(21)23;/h4-9,13-14,16-17,25-26,33H,3,10-12,15H2,1-2H3;1H/t16-,17+,25-,26+;/m0./s1. The minimum absolute atomic E-state index is 0. The Morgan fingerprint density at radius 3 is 2.60 bits per heavy atom. The summed E-state index contributed by atoms with van der Waals surface area (Å²) < 4.78 is 46.7. The lowest BCUT2D eigenvalue weighted by Crippen LogP contribution is -2.55. The van der Waals surface area contributed by atoms with Crippen LogP contribution in [0.5, 0.6) is 5.75 Å². The molecule has 188 valence electrons. The van der Waals surface area contributed by atoms with Gasteiger partial charge in [0.05, 0.1) is 30.0 Å². The fourth-order valence-corrected chi connectivity index (χ4v) is 5.87. The Morgan fingerprint density at radius 1 is 1.17 bits per heavy atom. The fourth-order valence-electron chi connectivity index (χ4n) is 5.87. The lowest BCUT2D eigenvalue weighted by Gasteiger charge is -2.51. The third-order valence-electron chi connectivity index (χ3n) is 7.70. The average Bonchev–Trinajstić information content (AvgIpc) is 2.86. The number of nitrogens with zero attached hydrogens (tertiary/aromatic N) is 2. The molecule has 4 heterocycles. The third kappa shape index (κ3) is 4.74. The van der Waals surface area contributed by atoms with Crippen LogP contribution in [-0.2, 0) is 6.18 Å². The van der Waals surface area contributed by atoms with Crippen molar-refractivity contribution in [3.63, 3.8) is 0 Å². The first-order valence-corrected chi connectivity index (χ1v) is 11.9. The molecule has 3 aliphatic heterocycles. The van der Waals surface area contributed by atoms with Crippen LogP contribution in [0.25, 0.3) is 22.2 Å². The topological polar surface area (TPSA) is 45.6 Å². The number of rotatable bonds is 5. The second kappa shape index (κ2) is 9.96. The quantitative estimate of drug-likeness (QED) is 0.429. The Balaban J connectivity index is 0.00000289. The van der Waals surface area contributed by atoms with Crippen LogP contribution >= 0.6 is 12.4 Å². The molecule has 0 spiro atoms. The van der Waals surface area contributed by atoms with E-state index in [9.17, 15) is 18.3 Å². The normalized spacial score (nSPS) is 24.7. The van der Waals surface area contributed by atoms with Crippen molar-refractivity contribution < 1.29 is 23.0 Å². The van der Waals surface area contributed by atoms with Crippen molar-refractivity contribution in [1.29, 1.82) is 0 Å². The highest BCUT2D eigenvalue weighted by Crippen LogP contribution is 2.44. The molecule has 1 unspecified atom stereocenters. The Hall–Kier alpha value is -2.35. The van der Waals surface area contributed by atoms with E-state index in [1.54, 1.807) is 31.4 Å². The third-order valence-corrected chi connectivity index (χ3v) is 7.70. The number of aliphatic hydroxyl groups excluding tert-OH is 1. The van der Waals surface area contributed by atoms with E-state index in [-0.39, 0.29) is 29.7 Å². The number of hydrogen-bond donors (Lipinski definition) is 1. The molecule has 0 aliphatic carbocycles. The zero-order valence-corrected chi connectivity index (χ0v) is 20.6. The van der Waals surface area contributed by atoms with Gasteiger partial charge in [-0.3, -0.25) is 4.90 Å². The number of benzene rings is 2. The molecule has 3 fully saturated rings. The molecule has 4 nitrogen and oxygen atoms in total. The van der Waals surface area contributed by atoms with Crippen LogP contribution in [0, 0.1) is 11.8 Å². The number of alkyl halides is 3. The first-order valence-electron chi connectivity index (χ1n) is 11.9. The zero-order chi connectivity index (χ0) is 24.0. The van der Waals surface area contributed by atoms with Crippen molar-refractivity contribution in [2.24, 2.45) is 11.8 Å². The molecule has 6 rings (SSSR count). The van der Waals surface area contributed by atoms with Gasteiger partial charge in [-0.25, -0.2) is 4.98 Å². The summed E-state index contributed by atoms with van der Waals surface area (Å²) in [7, 11) is 1.56. The number of piperidine rings is 3. The van der Waals surface area contributed by atoms with E-state index in [1.807, 2.05) is 6.07 Å². The summed E-state index contributed by atoms with van der Waals surface area (Å²) in [5, 5.41) is 12.4. The molecule has 0 amide bonds. The van der Waals surface area contributed by atoms with Gasteiger partial charge in [0, 0.05) is 23.5 Å². The molecule has 35 heavy (non-hydrogen) atoms. The van der Waals surface area contributed by atoms with E-state index >= 15 is 0 Å². The van der Waals surface area contributed by atoms with Crippen LogP contribution in [0.4, 0.5) is 13.2 Å². The maximum atomic E-state index is 13.8. The van der Waals surface area contributed by atoms with Gasteiger partial charge in [-0.15, -0.1) is 12.4 Å². The first-order chi connectivity index (χ1) is 16.3. The highest BCUT2D eigenvalue weighted by atomic mass is 35.5. The highest BCUT2D eigenvalue weighted by molar-refractivity contribution is 5.87. The van der Waals surface area contributed by atoms with Gasteiger partial charge >= 0.3 is 6.18 Å². The molecule has 3 aliphatic rings. The number of methoxy groups -OCH3 is 1. The predicted molar refractivity (Wildman–Crippen MR) is 133 cm³/mol. The summed E-state index contributed by atoms with van der Waals surface area (Å²) in [4.78, 5) is 6.93. The van der Waals surface area contributed by atoms with Gasteiger partial charge in [-0.2, -0.15) is 13.2 Å². The lowest BCUT2D eigenvalue weighted by molar-refractivity contribution is -0.137. The second-order valence-electron chi connectivity index (χ2n) is 9.48. The summed E-state index contributed by atoms with van der Waals surface area (Å²) >= 11 is 0. The van der Waals surface area contributed by atoms with E-state index in [0.29, 0.717) is 34.1 Å². The Kier molecular flexibility index (Phi) is 7.32. The number of halogens is 4. The summed E-state index contributed by atoms with van der Waals surface area (Å²) in [5.41, 5.74) is 0.620. The number of pyridine rings is 1. The first kappa shape index (κ1) is 25.7. The molecule has 0 saturated carbocycles. The SMILES string of the molecule is CC[C@H]1CN2CC[C@@H]1C[C@H]2[C@H](O)c1cc(-c2ccccc2C(F)(F)F)nc2ccc(OC)cc12.Cl. The summed E-state index contributed by atoms with van der Waals surface area (Å²) in [6.45, 7) is 4.11. The van der Waals surface area contributed by atoms with Crippen molar-refractivity contribution in [3.8, 4) is 17.0 Å². The summed E-state index contributed by atoms with van der Waals surface area (Å²) in [6, 6.07) is 12.3. The second-order valence-corrected chi connectivity index (χ2v) is 9.48. The Bertz CT molecular complexity index is 1200. The minimum atomic E-state index is -4.50. The van der Waals surface area contributed by atoms with Gasteiger partial charge in [0.15, 0.2) is 0 Å². The molecule has 2 aromatic carbocycles. The van der Waals surface area contributed by atoms with Crippen LogP contribution in [0.15, 0.2) is 48.5 Å². The minimum Gasteiger partial charge on any atom is -0.497 e. The Morgan fingerprint density at radius 2 is 1.94 bits per heavy atom. The van der Waals surface area contributed by atoms with Gasteiger partial charge in [-0.05, 0) is 67.1 Å². The van der Waals surface area contributed by atoms with Crippen molar-refractivity contribution in [1.82, 2.24) is 9.88 Å². The van der Waals surface area contributed by atoms with Crippen LogP contribution < -0.4 is 4.74 Å². The van der Waals surface area contributed by atoms with Gasteiger partial charge in [0.1, 0.15) is 5.75 Å². The van der Waals surface area contributed by atoms with Crippen LogP contribution in [0.2, 0.25) is 0 Å². The van der Waals surface area contributed by atoms with Crippen molar-refractivity contribution in [2.45, 2.75) is 44.5 Å². The van der Waals surface area contributed by atoms with Gasteiger partial charge in [0.2, 0.25) is 0 Å². The van der Waals surface area contributed by atoms with E-state index in [0.717, 1.165) is 38.4 Å². The van der Waals surface area contributed by atoms with Crippen molar-refractivity contribution in [2.75, 3.05) is 20.2 Å². The van der Waals surface area contributed by atoms with Crippen LogP contribution in [0.3, 0.4) is 0 Å². The number of fused-ring (bicyclic) bond motifs is 4. The monoisotopic (exact) mass is 506 g/mol. The summed E-state index contributed by atoms with van der Waals surface area (Å²) in [5.74, 6) is 1.83. The molecule has 3 aromatic rings. The Labute approximate surface area is 209 Å². The van der Waals surface area contributed by atoms with Gasteiger partial charge in [-0.1, -0.05) is 31.5 Å². The molecule has 2 bridgehead atoms. The van der Waals surface area contributed by atoms with Crippen LogP contribution in [-0.4, -0.2) is 41.2 Å².